The van der Waals surface area contributed by atoms with E-state index in [9.17, 15) is 22.4 Å². The van der Waals surface area contributed by atoms with Crippen LogP contribution in [0.1, 0.15) is 26.2 Å². The molecule has 1 aliphatic heterocycles. The third-order valence-corrected chi connectivity index (χ3v) is 5.77. The van der Waals surface area contributed by atoms with Crippen LogP contribution in [0.3, 0.4) is 0 Å². The predicted molar refractivity (Wildman–Crippen MR) is 109 cm³/mol. The second kappa shape index (κ2) is 9.15. The smallest absolute Gasteiger partial charge is 0.226 e. The van der Waals surface area contributed by atoms with E-state index >= 15 is 0 Å². The van der Waals surface area contributed by atoms with Crippen molar-refractivity contribution in [2.75, 3.05) is 18.0 Å². The summed E-state index contributed by atoms with van der Waals surface area (Å²) in [6, 6.07) is 0.797. The lowest BCUT2D eigenvalue weighted by Gasteiger charge is -2.31. The van der Waals surface area contributed by atoms with Crippen LogP contribution in [-0.4, -0.2) is 39.2 Å². The van der Waals surface area contributed by atoms with E-state index in [-0.39, 0.29) is 24.5 Å². The van der Waals surface area contributed by atoms with Crippen molar-refractivity contribution in [3.8, 4) is 10.7 Å². The quantitative estimate of drug-likeness (QED) is 0.457. The second-order valence-electron chi connectivity index (χ2n) is 7.12. The molecule has 0 bridgehead atoms. The van der Waals surface area contributed by atoms with E-state index in [0.29, 0.717) is 35.2 Å². The number of carbonyl (C=O) groups is 1. The maximum atomic E-state index is 14.2. The lowest BCUT2D eigenvalue weighted by molar-refractivity contribution is -0.125. The van der Waals surface area contributed by atoms with Crippen LogP contribution in [-0.2, 0) is 11.3 Å². The molecule has 12 heteroatoms. The van der Waals surface area contributed by atoms with E-state index in [1.54, 1.807) is 11.8 Å². The van der Waals surface area contributed by atoms with E-state index in [4.69, 9.17) is 2.74 Å². The highest BCUT2D eigenvalue weighted by atomic mass is 32.1. The van der Waals surface area contributed by atoms with Crippen molar-refractivity contribution in [3.05, 3.63) is 52.2 Å². The number of anilines is 1. The molecule has 2 aromatic heterocycles. The van der Waals surface area contributed by atoms with E-state index in [1.807, 2.05) is 5.32 Å². The normalized spacial score (nSPS) is 16.0. The molecule has 3 aromatic rings. The van der Waals surface area contributed by atoms with Gasteiger partial charge in [0.1, 0.15) is 16.5 Å². The number of nitrogens with one attached hydrogen (secondary N) is 1. The van der Waals surface area contributed by atoms with Gasteiger partial charge in [-0.15, -0.1) is 10.2 Å². The van der Waals surface area contributed by atoms with Crippen molar-refractivity contribution in [2.24, 2.45) is 5.92 Å². The van der Waals surface area contributed by atoms with Crippen LogP contribution < -0.4 is 10.2 Å². The first-order valence-corrected chi connectivity index (χ1v) is 10.4. The third-order valence-electron chi connectivity index (χ3n) is 4.92. The van der Waals surface area contributed by atoms with Gasteiger partial charge >= 0.3 is 0 Å². The van der Waals surface area contributed by atoms with E-state index in [2.05, 4.69) is 20.2 Å². The highest BCUT2D eigenvalue weighted by molar-refractivity contribution is 7.14. The van der Waals surface area contributed by atoms with Crippen molar-refractivity contribution in [3.63, 3.8) is 0 Å². The molecule has 7 nitrogen and oxygen atoms in total. The Bertz CT molecular complexity index is 1240. The molecule has 32 heavy (non-hydrogen) atoms. The average molecular weight is 468 g/mol. The number of amides is 1. The van der Waals surface area contributed by atoms with Crippen molar-refractivity contribution in [1.82, 2.24) is 25.5 Å². The summed E-state index contributed by atoms with van der Waals surface area (Å²) in [5.74, 6) is -6.05. The lowest BCUT2D eigenvalue weighted by Crippen LogP contribution is -2.41. The Balaban J connectivity index is 1.43. The predicted octanol–water partition coefficient (Wildman–Crippen LogP) is 3.39. The Morgan fingerprint density at radius 3 is 2.66 bits per heavy atom. The number of rotatable bonds is 5. The molecule has 1 amide bonds. The molecular weight excluding hydrogens is 448 g/mol. The number of hydrogen-bond donors (Lipinski definition) is 1. The van der Waals surface area contributed by atoms with Crippen molar-refractivity contribution >= 4 is 23.2 Å². The van der Waals surface area contributed by atoms with Gasteiger partial charge in [-0.05, 0) is 25.8 Å². The Kier molecular flexibility index (Phi) is 5.58. The molecule has 1 aliphatic rings. The number of piperidine rings is 1. The summed E-state index contributed by atoms with van der Waals surface area (Å²) in [5, 5.41) is 10.8. The number of hydrogen-bond acceptors (Lipinski definition) is 7. The number of nitrogens with zero attached hydrogens (tertiary/aromatic N) is 5. The molecule has 1 saturated heterocycles. The van der Waals surface area contributed by atoms with Gasteiger partial charge in [0, 0.05) is 37.1 Å². The molecule has 1 fully saturated rings. The van der Waals surface area contributed by atoms with Gasteiger partial charge in [0.2, 0.25) is 11.9 Å². The van der Waals surface area contributed by atoms with E-state index in [1.165, 1.54) is 11.3 Å². The summed E-state index contributed by atoms with van der Waals surface area (Å²) in [7, 11) is 0. The van der Waals surface area contributed by atoms with E-state index in [0.717, 1.165) is 6.20 Å². The van der Waals surface area contributed by atoms with Crippen LogP contribution in [0.25, 0.3) is 10.7 Å². The third kappa shape index (κ3) is 4.69. The lowest BCUT2D eigenvalue weighted by atomic mass is 9.96. The zero-order valence-corrected chi connectivity index (χ0v) is 17.5. The van der Waals surface area contributed by atoms with Gasteiger partial charge in [-0.2, -0.15) is 0 Å². The van der Waals surface area contributed by atoms with Crippen LogP contribution in [0.15, 0.2) is 18.3 Å². The monoisotopic (exact) mass is 468 g/mol. The van der Waals surface area contributed by atoms with Crippen LogP contribution in [0.4, 0.5) is 23.5 Å². The number of aromatic nitrogens is 4. The minimum atomic E-state index is -2.82. The highest BCUT2D eigenvalue weighted by Gasteiger charge is 2.27. The number of benzene rings is 1. The fourth-order valence-electron chi connectivity index (χ4n) is 3.27. The summed E-state index contributed by atoms with van der Waals surface area (Å²) in [4.78, 5) is 22.6. The number of carbonyl (C=O) groups excluding carboxylic acids is 1. The Morgan fingerprint density at radius 1 is 1.22 bits per heavy atom. The summed E-state index contributed by atoms with van der Waals surface area (Å²) in [6.07, 6.45) is 1.58. The summed E-state index contributed by atoms with van der Waals surface area (Å²) < 4.78 is 71.0. The Hall–Kier alpha value is -3.15. The maximum Gasteiger partial charge on any atom is 0.226 e. The molecular formula is C20H18F4N6OS. The fraction of sp³-hybridized carbons (Fsp3) is 0.350. The molecule has 0 spiro atoms. The largest absolute Gasteiger partial charge is 0.352 e. The molecule has 4 rings (SSSR count). The zero-order valence-electron chi connectivity index (χ0n) is 18.7. The van der Waals surface area contributed by atoms with E-state index < -0.39 is 47.2 Å². The SMILES string of the molecule is [2H]C([2H])(NC(=O)C1CCN(c2ncc(F)c(-c3nnc(C)s3)n2)CC1)c1cc(F)cc(F)c1F. The molecule has 0 saturated carbocycles. The van der Waals surface area contributed by atoms with Crippen LogP contribution in [0.2, 0.25) is 0 Å². The minimum absolute atomic E-state index is 0.0213. The fourth-order valence-corrected chi connectivity index (χ4v) is 3.95. The minimum Gasteiger partial charge on any atom is -0.352 e. The van der Waals surface area contributed by atoms with Crippen molar-refractivity contribution in [2.45, 2.75) is 26.3 Å². The molecule has 3 heterocycles. The van der Waals surface area contributed by atoms with Crippen LogP contribution in [0.5, 0.6) is 0 Å². The summed E-state index contributed by atoms with van der Waals surface area (Å²) in [6.45, 7) is -0.469. The number of halogens is 4. The summed E-state index contributed by atoms with van der Waals surface area (Å²) >= 11 is 1.19. The van der Waals surface area contributed by atoms with Gasteiger partial charge in [-0.3, -0.25) is 4.79 Å². The average Bonchev–Trinajstić information content (AvgIpc) is 3.22. The molecule has 0 unspecified atom stereocenters. The standard InChI is InChI=1S/C20H18F4N6OS/c1-10-28-29-19(32-10)17-15(23)9-26-20(27-17)30-4-2-11(3-5-30)18(31)25-8-12-6-13(21)7-14(22)16(12)24/h6-7,9,11H,2-5,8H2,1H3,(H,25,31)/i8D2. The molecule has 0 atom stereocenters. The molecule has 168 valence electrons. The number of aryl methyl sites for hydroxylation is 1. The van der Waals surface area contributed by atoms with Gasteiger partial charge in [0.15, 0.2) is 22.5 Å². The first-order chi connectivity index (χ1) is 16.0. The van der Waals surface area contributed by atoms with Gasteiger partial charge in [-0.25, -0.2) is 27.5 Å². The van der Waals surface area contributed by atoms with Crippen LogP contribution in [0, 0.1) is 36.1 Å². The van der Waals surface area contributed by atoms with Gasteiger partial charge in [0.25, 0.3) is 0 Å². The first-order valence-electron chi connectivity index (χ1n) is 10.6. The molecule has 1 aromatic carbocycles. The molecule has 1 N–H and O–H groups in total. The summed E-state index contributed by atoms with van der Waals surface area (Å²) in [5.41, 5.74) is -0.914. The van der Waals surface area contributed by atoms with Gasteiger partial charge in [0.05, 0.1) is 8.94 Å². The van der Waals surface area contributed by atoms with Gasteiger partial charge < -0.3 is 10.2 Å². The molecule has 0 aliphatic carbocycles. The zero-order chi connectivity index (χ0) is 24.6. The van der Waals surface area contributed by atoms with Crippen LogP contribution >= 0.6 is 11.3 Å². The first kappa shape index (κ1) is 19.5. The topological polar surface area (TPSA) is 83.9 Å². The Labute approximate surface area is 187 Å². The maximum absolute atomic E-state index is 14.2. The van der Waals surface area contributed by atoms with Gasteiger partial charge in [-0.1, -0.05) is 11.3 Å². The van der Waals surface area contributed by atoms with Crippen molar-refractivity contribution < 1.29 is 25.1 Å². The van der Waals surface area contributed by atoms with Crippen molar-refractivity contribution in [1.29, 1.82) is 0 Å². The molecule has 0 radical (unpaired) electrons. The highest BCUT2D eigenvalue weighted by Crippen LogP contribution is 2.27. The second-order valence-corrected chi connectivity index (χ2v) is 8.30. The Morgan fingerprint density at radius 2 is 1.97 bits per heavy atom.